The summed E-state index contributed by atoms with van der Waals surface area (Å²) >= 11 is 12.3. The lowest BCUT2D eigenvalue weighted by Gasteiger charge is -2.35. The topological polar surface area (TPSA) is 101 Å². The number of rotatable bonds is 5. The van der Waals surface area contributed by atoms with Crippen molar-refractivity contribution >= 4 is 35.1 Å². The van der Waals surface area contributed by atoms with Crippen molar-refractivity contribution < 1.29 is 24.9 Å². The highest BCUT2D eigenvalue weighted by Crippen LogP contribution is 2.40. The van der Waals surface area contributed by atoms with E-state index in [9.17, 15) is 24.9 Å². The fourth-order valence-electron chi connectivity index (χ4n) is 2.36. The lowest BCUT2D eigenvalue weighted by Crippen LogP contribution is -2.50. The van der Waals surface area contributed by atoms with Gasteiger partial charge in [-0.3, -0.25) is 0 Å². The van der Waals surface area contributed by atoms with Crippen molar-refractivity contribution in [3.05, 3.63) is 34.2 Å². The highest BCUT2D eigenvalue weighted by atomic mass is 35.5. The van der Waals surface area contributed by atoms with Crippen LogP contribution in [0.2, 0.25) is 0 Å². The molecule has 0 aromatic carbocycles. The summed E-state index contributed by atoms with van der Waals surface area (Å²) in [5.74, 6) is -3.41. The fraction of sp³-hybridized carbons (Fsp3) is 0.429. The predicted octanol–water partition coefficient (Wildman–Crippen LogP) is 0.892. The molecule has 1 aliphatic rings. The summed E-state index contributed by atoms with van der Waals surface area (Å²) in [6.45, 7) is 0. The number of alkyl halides is 1. The molecule has 0 amide bonds. The summed E-state index contributed by atoms with van der Waals surface area (Å²) in [6.07, 6.45) is 2.43. The van der Waals surface area contributed by atoms with Crippen molar-refractivity contribution in [2.75, 3.05) is 28.2 Å². The largest absolute Gasteiger partial charge is 0.478 e. The number of hydrogen-bond donors (Lipinski definition) is 3. The van der Waals surface area contributed by atoms with Crippen LogP contribution in [0.25, 0.3) is 0 Å². The average Bonchev–Trinajstić information content (AvgIpc) is 2.41. The maximum atomic E-state index is 11.4. The second-order valence-corrected chi connectivity index (χ2v) is 6.21. The van der Waals surface area contributed by atoms with E-state index < -0.39 is 22.9 Å². The Morgan fingerprint density at radius 3 is 1.87 bits per heavy atom. The SMILES string of the molecule is CN(C)C(=C1C(C(O)(C(=O)O)C(=O)O)=CC=C(Cl)C1Cl)N(C)C. The highest BCUT2D eigenvalue weighted by molar-refractivity contribution is 6.39. The minimum Gasteiger partial charge on any atom is -0.478 e. The van der Waals surface area contributed by atoms with Crippen LogP contribution in [-0.4, -0.2) is 76.2 Å². The quantitative estimate of drug-likeness (QED) is 0.491. The molecular weight excluding hydrogens is 347 g/mol. The van der Waals surface area contributed by atoms with Gasteiger partial charge in [0.15, 0.2) is 0 Å². The Labute approximate surface area is 143 Å². The molecule has 128 valence electrons. The summed E-state index contributed by atoms with van der Waals surface area (Å²) in [4.78, 5) is 26.1. The molecule has 0 spiro atoms. The number of halogens is 2. The predicted molar refractivity (Wildman–Crippen MR) is 86.3 cm³/mol. The molecule has 0 saturated heterocycles. The molecule has 1 atom stereocenters. The minimum absolute atomic E-state index is 0.112. The van der Waals surface area contributed by atoms with Crippen LogP contribution in [0.3, 0.4) is 0 Å². The molecule has 1 rings (SSSR count). The van der Waals surface area contributed by atoms with Crippen molar-refractivity contribution in [1.82, 2.24) is 9.80 Å². The summed E-state index contributed by atoms with van der Waals surface area (Å²) in [7, 11) is 6.71. The van der Waals surface area contributed by atoms with Gasteiger partial charge in [-0.2, -0.15) is 0 Å². The molecule has 0 saturated carbocycles. The number of aliphatic hydroxyl groups is 1. The molecule has 0 radical (unpaired) electrons. The van der Waals surface area contributed by atoms with E-state index in [2.05, 4.69) is 0 Å². The lowest BCUT2D eigenvalue weighted by molar-refractivity contribution is -0.170. The van der Waals surface area contributed by atoms with Crippen LogP contribution in [0.1, 0.15) is 0 Å². The summed E-state index contributed by atoms with van der Waals surface area (Å²) in [5, 5.41) is 28.0. The van der Waals surface area contributed by atoms with Crippen molar-refractivity contribution in [3.63, 3.8) is 0 Å². The van der Waals surface area contributed by atoms with Gasteiger partial charge in [0.25, 0.3) is 5.60 Å². The smallest absolute Gasteiger partial charge is 0.352 e. The number of aliphatic carboxylic acids is 2. The summed E-state index contributed by atoms with van der Waals surface area (Å²) < 4.78 is 0. The van der Waals surface area contributed by atoms with Crippen LogP contribution < -0.4 is 0 Å². The Hall–Kier alpha value is -1.70. The van der Waals surface area contributed by atoms with E-state index in [1.165, 1.54) is 6.08 Å². The number of carboxylic acids is 2. The summed E-state index contributed by atoms with van der Waals surface area (Å²) in [6, 6.07) is 0. The zero-order chi connectivity index (χ0) is 18.1. The van der Waals surface area contributed by atoms with E-state index in [0.29, 0.717) is 5.82 Å². The Balaban J connectivity index is 3.82. The van der Waals surface area contributed by atoms with Crippen LogP contribution in [0.15, 0.2) is 34.2 Å². The van der Waals surface area contributed by atoms with Gasteiger partial charge in [0, 0.05) is 44.4 Å². The molecule has 9 heteroatoms. The maximum absolute atomic E-state index is 11.4. The molecule has 3 N–H and O–H groups in total. The number of allylic oxidation sites excluding steroid dienone is 3. The second kappa shape index (κ2) is 6.82. The molecule has 0 aromatic rings. The number of carbonyl (C=O) groups is 2. The lowest BCUT2D eigenvalue weighted by atomic mass is 9.83. The molecule has 23 heavy (non-hydrogen) atoms. The van der Waals surface area contributed by atoms with E-state index in [4.69, 9.17) is 23.2 Å². The van der Waals surface area contributed by atoms with Crippen LogP contribution in [0, 0.1) is 0 Å². The van der Waals surface area contributed by atoms with E-state index in [1.807, 2.05) is 0 Å². The van der Waals surface area contributed by atoms with Crippen molar-refractivity contribution in [3.8, 4) is 0 Å². The zero-order valence-corrected chi connectivity index (χ0v) is 14.6. The molecule has 0 bridgehead atoms. The summed E-state index contributed by atoms with van der Waals surface area (Å²) in [5.41, 5.74) is -3.38. The van der Waals surface area contributed by atoms with E-state index in [-0.39, 0.29) is 16.2 Å². The molecule has 0 heterocycles. The first-order chi connectivity index (χ1) is 10.5. The molecule has 7 nitrogen and oxygen atoms in total. The Bertz CT molecular complexity index is 599. The first-order valence-corrected chi connectivity index (χ1v) is 7.27. The highest BCUT2D eigenvalue weighted by Gasteiger charge is 2.52. The Kier molecular flexibility index (Phi) is 5.74. The van der Waals surface area contributed by atoms with Gasteiger partial charge < -0.3 is 25.1 Å². The third kappa shape index (κ3) is 3.31. The average molecular weight is 365 g/mol. The molecule has 0 aromatic heterocycles. The first-order valence-electron chi connectivity index (χ1n) is 6.46. The van der Waals surface area contributed by atoms with Crippen molar-refractivity contribution in [2.45, 2.75) is 11.0 Å². The van der Waals surface area contributed by atoms with Gasteiger partial charge in [-0.25, -0.2) is 9.59 Å². The third-order valence-corrected chi connectivity index (χ3v) is 4.20. The van der Waals surface area contributed by atoms with Gasteiger partial charge in [0.1, 0.15) is 5.82 Å². The van der Waals surface area contributed by atoms with Crippen molar-refractivity contribution in [1.29, 1.82) is 0 Å². The number of nitrogens with zero attached hydrogens (tertiary/aromatic N) is 2. The zero-order valence-electron chi connectivity index (χ0n) is 13.0. The minimum atomic E-state index is -3.15. The monoisotopic (exact) mass is 364 g/mol. The normalized spacial score (nSPS) is 18.0. The van der Waals surface area contributed by atoms with Gasteiger partial charge in [-0.05, 0) is 6.08 Å². The second-order valence-electron chi connectivity index (χ2n) is 5.34. The molecular formula is C14H18Cl2N2O5. The number of hydrogen-bond acceptors (Lipinski definition) is 5. The Morgan fingerprint density at radius 2 is 1.52 bits per heavy atom. The van der Waals surface area contributed by atoms with Gasteiger partial charge >= 0.3 is 11.9 Å². The van der Waals surface area contributed by atoms with Gasteiger partial charge in [0.05, 0.1) is 5.38 Å². The molecule has 1 unspecified atom stereocenters. The Morgan fingerprint density at radius 1 is 1.09 bits per heavy atom. The standard InChI is InChI=1S/C14H18Cl2N2O5/c1-17(2)11(18(3)4)9-7(5-6-8(15)10(9)16)14(23,12(19)20)13(21)22/h5-6,10,23H,1-4H3,(H,19,20)(H,21,22). The van der Waals surface area contributed by atoms with E-state index >= 15 is 0 Å². The molecule has 0 aliphatic heterocycles. The fourth-order valence-corrected chi connectivity index (χ4v) is 2.82. The van der Waals surface area contributed by atoms with Crippen LogP contribution >= 0.6 is 23.2 Å². The van der Waals surface area contributed by atoms with E-state index in [1.54, 1.807) is 38.0 Å². The molecule has 0 fully saturated rings. The van der Waals surface area contributed by atoms with Crippen LogP contribution in [0.5, 0.6) is 0 Å². The number of carboxylic acid groups (broad SMARTS) is 2. The van der Waals surface area contributed by atoms with Gasteiger partial charge in [-0.15, -0.1) is 11.6 Å². The molecule has 1 aliphatic carbocycles. The van der Waals surface area contributed by atoms with Crippen LogP contribution in [0.4, 0.5) is 0 Å². The van der Waals surface area contributed by atoms with Gasteiger partial charge in [-0.1, -0.05) is 17.7 Å². The third-order valence-electron chi connectivity index (χ3n) is 3.29. The maximum Gasteiger partial charge on any atom is 0.352 e. The van der Waals surface area contributed by atoms with Gasteiger partial charge in [0.2, 0.25) is 0 Å². The van der Waals surface area contributed by atoms with E-state index in [0.717, 1.165) is 6.08 Å². The van der Waals surface area contributed by atoms with Crippen molar-refractivity contribution in [2.24, 2.45) is 0 Å². The first kappa shape index (κ1) is 19.3. The van der Waals surface area contributed by atoms with Crippen LogP contribution in [-0.2, 0) is 9.59 Å².